The minimum Gasteiger partial charge on any atom is -0.376 e. The summed E-state index contributed by atoms with van der Waals surface area (Å²) in [6.07, 6.45) is -2.07. The van der Waals surface area contributed by atoms with Crippen LogP contribution in [0.1, 0.15) is 24.0 Å². The van der Waals surface area contributed by atoms with Crippen molar-refractivity contribution in [2.45, 2.75) is 25.1 Å². The molecule has 0 aliphatic carbocycles. The molecule has 1 unspecified atom stereocenters. The number of rotatable bonds is 3. The summed E-state index contributed by atoms with van der Waals surface area (Å²) in [6, 6.07) is 4.97. The van der Waals surface area contributed by atoms with Gasteiger partial charge in [0.15, 0.2) is 5.96 Å². The van der Waals surface area contributed by atoms with Gasteiger partial charge in [0.05, 0.1) is 18.2 Å². The quantitative estimate of drug-likeness (QED) is 0.311. The number of guanidine groups is 1. The monoisotopic (exact) mass is 467 g/mol. The van der Waals surface area contributed by atoms with E-state index in [9.17, 15) is 13.2 Å². The third-order valence-electron chi connectivity index (χ3n) is 3.51. The second kappa shape index (κ2) is 10.5. The molecule has 0 amide bonds. The fourth-order valence-corrected chi connectivity index (χ4v) is 2.28. The van der Waals surface area contributed by atoms with E-state index in [1.54, 1.807) is 13.1 Å². The molecule has 2 N–H and O–H groups in total. The third kappa shape index (κ3) is 7.52. The number of nitrogens with one attached hydrogen (secondary N) is 2. The largest absolute Gasteiger partial charge is 0.416 e. The number of nitrogens with zero attached hydrogens (tertiary/aromatic N) is 1. The van der Waals surface area contributed by atoms with Gasteiger partial charge in [-0.2, -0.15) is 13.2 Å². The van der Waals surface area contributed by atoms with Crippen LogP contribution in [-0.4, -0.2) is 38.8 Å². The topological polar surface area (TPSA) is 45.7 Å². The SMILES string of the molecule is CN=C(NCC#Cc1cccc(C(F)(F)F)c1)NCC1CCCO1.I. The molecule has 1 heterocycles. The first-order valence-electron chi connectivity index (χ1n) is 7.71. The van der Waals surface area contributed by atoms with Crippen molar-refractivity contribution in [3.05, 3.63) is 35.4 Å². The molecule has 0 radical (unpaired) electrons. The normalized spacial score (nSPS) is 17.3. The number of alkyl halides is 3. The highest BCUT2D eigenvalue weighted by Gasteiger charge is 2.30. The van der Waals surface area contributed by atoms with Gasteiger partial charge >= 0.3 is 6.18 Å². The average molecular weight is 467 g/mol. The van der Waals surface area contributed by atoms with Crippen LogP contribution in [0, 0.1) is 11.8 Å². The molecule has 8 heteroatoms. The lowest BCUT2D eigenvalue weighted by Crippen LogP contribution is -2.41. The second-order valence-corrected chi connectivity index (χ2v) is 5.32. The number of hydrogen-bond donors (Lipinski definition) is 2. The van der Waals surface area contributed by atoms with Gasteiger partial charge in [0.25, 0.3) is 0 Å². The van der Waals surface area contributed by atoms with Crippen molar-refractivity contribution < 1.29 is 17.9 Å². The molecule has 25 heavy (non-hydrogen) atoms. The highest BCUT2D eigenvalue weighted by Crippen LogP contribution is 2.29. The van der Waals surface area contributed by atoms with E-state index in [1.807, 2.05) is 0 Å². The second-order valence-electron chi connectivity index (χ2n) is 5.32. The van der Waals surface area contributed by atoms with E-state index < -0.39 is 11.7 Å². The van der Waals surface area contributed by atoms with Crippen molar-refractivity contribution in [2.75, 3.05) is 26.7 Å². The zero-order valence-electron chi connectivity index (χ0n) is 13.8. The molecule has 1 fully saturated rings. The Morgan fingerprint density at radius 3 is 2.80 bits per heavy atom. The van der Waals surface area contributed by atoms with E-state index in [1.165, 1.54) is 6.07 Å². The summed E-state index contributed by atoms with van der Waals surface area (Å²) in [5, 5.41) is 6.13. The Bertz CT molecular complexity index is 632. The maximum absolute atomic E-state index is 12.6. The van der Waals surface area contributed by atoms with E-state index in [2.05, 4.69) is 27.5 Å². The summed E-state index contributed by atoms with van der Waals surface area (Å²) in [4.78, 5) is 4.06. The highest BCUT2D eigenvalue weighted by atomic mass is 127. The van der Waals surface area contributed by atoms with Crippen molar-refractivity contribution in [2.24, 2.45) is 4.99 Å². The minimum absolute atomic E-state index is 0. The lowest BCUT2D eigenvalue weighted by atomic mass is 10.1. The molecule has 0 saturated carbocycles. The standard InChI is InChI=1S/C17H20F3N3O.HI/c1-21-16(23-12-15-8-4-10-24-15)22-9-3-6-13-5-2-7-14(11-13)17(18,19)20;/h2,5,7,11,15H,4,8-10,12H2,1H3,(H2,21,22,23);1H. The van der Waals surface area contributed by atoms with Gasteiger partial charge in [0, 0.05) is 25.8 Å². The number of hydrogen-bond acceptors (Lipinski definition) is 2. The van der Waals surface area contributed by atoms with Crippen LogP contribution in [0.3, 0.4) is 0 Å². The molecule has 1 aromatic rings. The third-order valence-corrected chi connectivity index (χ3v) is 3.51. The van der Waals surface area contributed by atoms with Gasteiger partial charge < -0.3 is 15.4 Å². The fraction of sp³-hybridized carbons (Fsp3) is 0.471. The number of ether oxygens (including phenoxy) is 1. The molecule has 138 valence electrons. The molecule has 0 bridgehead atoms. The maximum atomic E-state index is 12.6. The summed E-state index contributed by atoms with van der Waals surface area (Å²) >= 11 is 0. The van der Waals surface area contributed by atoms with Gasteiger partial charge in [-0.1, -0.05) is 17.9 Å². The van der Waals surface area contributed by atoms with Crippen molar-refractivity contribution in [1.82, 2.24) is 10.6 Å². The Morgan fingerprint density at radius 1 is 1.36 bits per heavy atom. The van der Waals surface area contributed by atoms with Gasteiger partial charge in [-0.3, -0.25) is 4.99 Å². The van der Waals surface area contributed by atoms with Crippen molar-refractivity contribution in [1.29, 1.82) is 0 Å². The molecule has 1 atom stereocenters. The Morgan fingerprint density at radius 2 is 2.16 bits per heavy atom. The van der Waals surface area contributed by atoms with Crippen LogP contribution < -0.4 is 10.6 Å². The minimum atomic E-state index is -4.36. The first-order chi connectivity index (χ1) is 11.5. The molecule has 1 aromatic carbocycles. The molecule has 0 spiro atoms. The van der Waals surface area contributed by atoms with Crippen LogP contribution in [-0.2, 0) is 10.9 Å². The first-order valence-corrected chi connectivity index (χ1v) is 7.71. The molecular weight excluding hydrogens is 446 g/mol. The van der Waals surface area contributed by atoms with E-state index >= 15 is 0 Å². The van der Waals surface area contributed by atoms with Crippen molar-refractivity contribution in [3.8, 4) is 11.8 Å². The van der Waals surface area contributed by atoms with Crippen LogP contribution in [0.2, 0.25) is 0 Å². The van der Waals surface area contributed by atoms with Crippen molar-refractivity contribution >= 4 is 29.9 Å². The number of halogens is 4. The summed E-state index contributed by atoms with van der Waals surface area (Å²) < 4.78 is 43.4. The molecule has 1 saturated heterocycles. The predicted molar refractivity (Wildman–Crippen MR) is 102 cm³/mol. The van der Waals surface area contributed by atoms with E-state index in [0.717, 1.165) is 31.6 Å². The summed E-state index contributed by atoms with van der Waals surface area (Å²) in [6.45, 7) is 1.74. The van der Waals surface area contributed by atoms with Crippen LogP contribution in [0.15, 0.2) is 29.3 Å². The first kappa shape index (κ1) is 21.6. The lowest BCUT2D eigenvalue weighted by molar-refractivity contribution is -0.137. The lowest BCUT2D eigenvalue weighted by Gasteiger charge is -2.13. The molecule has 4 nitrogen and oxygen atoms in total. The summed E-state index contributed by atoms with van der Waals surface area (Å²) in [5.41, 5.74) is -0.370. The van der Waals surface area contributed by atoms with Crippen LogP contribution in [0.4, 0.5) is 13.2 Å². The summed E-state index contributed by atoms with van der Waals surface area (Å²) in [5.74, 6) is 6.09. The van der Waals surface area contributed by atoms with Gasteiger partial charge in [-0.15, -0.1) is 24.0 Å². The Kier molecular flexibility index (Phi) is 9.06. The van der Waals surface area contributed by atoms with E-state index in [4.69, 9.17) is 4.74 Å². The molecule has 1 aliphatic rings. The smallest absolute Gasteiger partial charge is 0.376 e. The van der Waals surface area contributed by atoms with Crippen LogP contribution >= 0.6 is 24.0 Å². The Balaban J connectivity index is 0.00000312. The zero-order valence-corrected chi connectivity index (χ0v) is 16.2. The number of aliphatic imine (C=N–C) groups is 1. The summed E-state index contributed by atoms with van der Waals surface area (Å²) in [7, 11) is 1.64. The zero-order chi connectivity index (χ0) is 17.4. The maximum Gasteiger partial charge on any atom is 0.416 e. The van der Waals surface area contributed by atoms with Crippen molar-refractivity contribution in [3.63, 3.8) is 0 Å². The highest BCUT2D eigenvalue weighted by molar-refractivity contribution is 14.0. The fourth-order valence-electron chi connectivity index (χ4n) is 2.28. The van der Waals surface area contributed by atoms with Gasteiger partial charge in [-0.05, 0) is 31.0 Å². The Labute approximate surface area is 162 Å². The molecular formula is C17H21F3IN3O. The molecule has 1 aliphatic heterocycles. The van der Waals surface area contributed by atoms with E-state index in [-0.39, 0.29) is 36.6 Å². The Hall–Kier alpha value is -1.47. The molecule has 0 aromatic heterocycles. The van der Waals surface area contributed by atoms with Gasteiger partial charge in [-0.25, -0.2) is 0 Å². The average Bonchev–Trinajstić information content (AvgIpc) is 3.07. The predicted octanol–water partition coefficient (Wildman–Crippen LogP) is 3.02. The molecule has 2 rings (SSSR count). The van der Waals surface area contributed by atoms with Crippen LogP contribution in [0.5, 0.6) is 0 Å². The van der Waals surface area contributed by atoms with Gasteiger partial charge in [0.2, 0.25) is 0 Å². The number of benzene rings is 1. The van der Waals surface area contributed by atoms with E-state index in [0.29, 0.717) is 18.1 Å². The van der Waals surface area contributed by atoms with Crippen LogP contribution in [0.25, 0.3) is 0 Å². The van der Waals surface area contributed by atoms with Gasteiger partial charge in [0.1, 0.15) is 0 Å².